The summed E-state index contributed by atoms with van der Waals surface area (Å²) >= 11 is 1.49. The number of aryl methyl sites for hydroxylation is 2. The van der Waals surface area contributed by atoms with E-state index in [0.717, 1.165) is 29.0 Å². The van der Waals surface area contributed by atoms with Crippen LogP contribution in [0.4, 0.5) is 0 Å². The van der Waals surface area contributed by atoms with E-state index >= 15 is 0 Å². The lowest BCUT2D eigenvalue weighted by Gasteiger charge is -2.10. The van der Waals surface area contributed by atoms with E-state index in [1.54, 1.807) is 0 Å². The molecule has 1 heterocycles. The first-order chi connectivity index (χ1) is 11.1. The molecule has 0 bridgehead atoms. The van der Waals surface area contributed by atoms with Gasteiger partial charge in [0.15, 0.2) is 0 Å². The molecule has 1 saturated carbocycles. The van der Waals surface area contributed by atoms with Gasteiger partial charge in [-0.15, -0.1) is 11.3 Å². The summed E-state index contributed by atoms with van der Waals surface area (Å²) in [6, 6.07) is 8.50. The Balaban J connectivity index is 1.57. The van der Waals surface area contributed by atoms with Gasteiger partial charge in [-0.05, 0) is 61.4 Å². The summed E-state index contributed by atoms with van der Waals surface area (Å²) in [5.74, 6) is 0.935. The highest BCUT2D eigenvalue weighted by atomic mass is 32.1. The Bertz CT molecular complexity index is 666. The van der Waals surface area contributed by atoms with Crippen LogP contribution in [-0.2, 0) is 6.61 Å². The summed E-state index contributed by atoms with van der Waals surface area (Å²) < 4.78 is 5.86. The molecule has 1 aromatic carbocycles. The minimum Gasteiger partial charge on any atom is -0.489 e. The molecule has 3 nitrogen and oxygen atoms in total. The fourth-order valence-corrected chi connectivity index (χ4v) is 3.88. The lowest BCUT2D eigenvalue weighted by atomic mass is 10.1. The molecule has 1 aliphatic rings. The minimum atomic E-state index is 0.0551. The molecule has 0 aliphatic heterocycles. The predicted octanol–water partition coefficient (Wildman–Crippen LogP) is 4.62. The first-order valence-corrected chi connectivity index (χ1v) is 9.07. The van der Waals surface area contributed by atoms with E-state index in [1.165, 1.54) is 35.3 Å². The fraction of sp³-hybridized carbons (Fsp3) is 0.421. The number of carbonyl (C=O) groups is 1. The Kier molecular flexibility index (Phi) is 5.01. The fourth-order valence-electron chi connectivity index (χ4n) is 3.08. The van der Waals surface area contributed by atoms with E-state index in [4.69, 9.17) is 4.74 Å². The van der Waals surface area contributed by atoms with Gasteiger partial charge in [0.25, 0.3) is 5.91 Å². The number of hydrogen-bond donors (Lipinski definition) is 1. The lowest BCUT2D eigenvalue weighted by molar-refractivity contribution is 0.0942. The van der Waals surface area contributed by atoms with Gasteiger partial charge in [0, 0.05) is 11.6 Å². The zero-order valence-electron chi connectivity index (χ0n) is 13.7. The third-order valence-electron chi connectivity index (χ3n) is 4.17. The molecular weight excluding hydrogens is 306 g/mol. The Morgan fingerprint density at radius 1 is 1.17 bits per heavy atom. The SMILES string of the molecule is Cc1cc(C)cc(OCc2csc(C(=O)NC3CCCC3)c2)c1. The van der Waals surface area contributed by atoms with Gasteiger partial charge < -0.3 is 10.1 Å². The van der Waals surface area contributed by atoms with Crippen molar-refractivity contribution in [3.8, 4) is 5.75 Å². The van der Waals surface area contributed by atoms with Crippen LogP contribution in [0.25, 0.3) is 0 Å². The van der Waals surface area contributed by atoms with Crippen molar-refractivity contribution < 1.29 is 9.53 Å². The van der Waals surface area contributed by atoms with Crippen molar-refractivity contribution in [3.63, 3.8) is 0 Å². The van der Waals surface area contributed by atoms with E-state index in [2.05, 4.69) is 25.2 Å². The van der Waals surface area contributed by atoms with Gasteiger partial charge in [0.05, 0.1) is 4.88 Å². The van der Waals surface area contributed by atoms with Gasteiger partial charge in [0.1, 0.15) is 12.4 Å². The second kappa shape index (κ2) is 7.18. The summed E-state index contributed by atoms with van der Waals surface area (Å²) in [6.07, 6.45) is 4.67. The number of ether oxygens (including phenoxy) is 1. The smallest absolute Gasteiger partial charge is 0.261 e. The molecular formula is C19H23NO2S. The van der Waals surface area contributed by atoms with Crippen LogP contribution in [0.15, 0.2) is 29.6 Å². The predicted molar refractivity (Wildman–Crippen MR) is 94.3 cm³/mol. The summed E-state index contributed by atoms with van der Waals surface area (Å²) in [5, 5.41) is 5.13. The van der Waals surface area contributed by atoms with Crippen LogP contribution in [0, 0.1) is 13.8 Å². The second-order valence-electron chi connectivity index (χ2n) is 6.39. The van der Waals surface area contributed by atoms with Crippen LogP contribution < -0.4 is 10.1 Å². The minimum absolute atomic E-state index is 0.0551. The normalized spacial score (nSPS) is 14.9. The monoisotopic (exact) mass is 329 g/mol. The van der Waals surface area contributed by atoms with E-state index in [0.29, 0.717) is 12.6 Å². The number of amides is 1. The Morgan fingerprint density at radius 2 is 1.87 bits per heavy atom. The lowest BCUT2D eigenvalue weighted by Crippen LogP contribution is -2.31. The second-order valence-corrected chi connectivity index (χ2v) is 7.30. The Labute approximate surface area is 141 Å². The first kappa shape index (κ1) is 16.1. The molecule has 23 heavy (non-hydrogen) atoms. The van der Waals surface area contributed by atoms with Gasteiger partial charge in [-0.1, -0.05) is 18.9 Å². The molecule has 3 rings (SSSR count). The number of carbonyl (C=O) groups excluding carboxylic acids is 1. The molecule has 0 unspecified atom stereocenters. The number of rotatable bonds is 5. The summed E-state index contributed by atoms with van der Waals surface area (Å²) in [7, 11) is 0. The number of thiophene rings is 1. The van der Waals surface area contributed by atoms with Crippen LogP contribution in [-0.4, -0.2) is 11.9 Å². The molecule has 122 valence electrons. The molecule has 1 aromatic heterocycles. The van der Waals surface area contributed by atoms with Gasteiger partial charge >= 0.3 is 0 Å². The topological polar surface area (TPSA) is 38.3 Å². The molecule has 1 amide bonds. The summed E-state index contributed by atoms with van der Waals surface area (Å²) in [5.41, 5.74) is 3.44. The van der Waals surface area contributed by atoms with Crippen molar-refractivity contribution >= 4 is 17.2 Å². The maximum absolute atomic E-state index is 12.2. The number of nitrogens with one attached hydrogen (secondary N) is 1. The molecule has 2 aromatic rings. The first-order valence-electron chi connectivity index (χ1n) is 8.19. The third kappa shape index (κ3) is 4.35. The average Bonchev–Trinajstić information content (AvgIpc) is 3.15. The van der Waals surface area contributed by atoms with Gasteiger partial charge in [-0.3, -0.25) is 4.79 Å². The quantitative estimate of drug-likeness (QED) is 0.869. The van der Waals surface area contributed by atoms with Gasteiger partial charge in [0.2, 0.25) is 0 Å². The highest BCUT2D eigenvalue weighted by Gasteiger charge is 2.18. The Hall–Kier alpha value is -1.81. The van der Waals surface area contributed by atoms with E-state index in [9.17, 15) is 4.79 Å². The average molecular weight is 329 g/mol. The third-order valence-corrected chi connectivity index (χ3v) is 5.15. The molecule has 0 spiro atoms. The van der Waals surface area contributed by atoms with Crippen LogP contribution in [0.5, 0.6) is 5.75 Å². The van der Waals surface area contributed by atoms with Crippen molar-refractivity contribution in [1.82, 2.24) is 5.32 Å². The van der Waals surface area contributed by atoms with Crippen molar-refractivity contribution in [2.45, 2.75) is 52.2 Å². The van der Waals surface area contributed by atoms with E-state index < -0.39 is 0 Å². The largest absolute Gasteiger partial charge is 0.489 e. The molecule has 1 aliphatic carbocycles. The zero-order valence-corrected chi connectivity index (χ0v) is 14.5. The van der Waals surface area contributed by atoms with Crippen molar-refractivity contribution in [2.75, 3.05) is 0 Å². The van der Waals surface area contributed by atoms with Gasteiger partial charge in [-0.2, -0.15) is 0 Å². The summed E-state index contributed by atoms with van der Waals surface area (Å²) in [6.45, 7) is 4.63. The van der Waals surface area contributed by atoms with Crippen molar-refractivity contribution in [2.24, 2.45) is 0 Å². The molecule has 0 radical (unpaired) electrons. The highest BCUT2D eigenvalue weighted by Crippen LogP contribution is 2.22. The van der Waals surface area contributed by atoms with Gasteiger partial charge in [-0.25, -0.2) is 0 Å². The maximum atomic E-state index is 12.2. The number of benzene rings is 1. The standard InChI is InChI=1S/C19H23NO2S/c1-13-7-14(2)9-17(8-13)22-11-15-10-18(23-12-15)19(21)20-16-5-3-4-6-16/h7-10,12,16H,3-6,11H2,1-2H3,(H,20,21). The van der Waals surface area contributed by atoms with Crippen molar-refractivity contribution in [1.29, 1.82) is 0 Å². The number of hydrogen-bond acceptors (Lipinski definition) is 3. The highest BCUT2D eigenvalue weighted by molar-refractivity contribution is 7.12. The van der Waals surface area contributed by atoms with E-state index in [-0.39, 0.29) is 5.91 Å². The molecule has 0 saturated heterocycles. The van der Waals surface area contributed by atoms with Crippen LogP contribution in [0.1, 0.15) is 52.0 Å². The maximum Gasteiger partial charge on any atom is 0.261 e. The molecule has 0 atom stereocenters. The molecule has 1 fully saturated rings. The van der Waals surface area contributed by atoms with E-state index in [1.807, 2.05) is 23.6 Å². The van der Waals surface area contributed by atoms with Crippen LogP contribution in [0.3, 0.4) is 0 Å². The Morgan fingerprint density at radius 3 is 2.57 bits per heavy atom. The van der Waals surface area contributed by atoms with Crippen molar-refractivity contribution in [3.05, 3.63) is 51.2 Å². The summed E-state index contributed by atoms with van der Waals surface area (Å²) in [4.78, 5) is 13.0. The van der Waals surface area contributed by atoms with Crippen LogP contribution >= 0.6 is 11.3 Å². The van der Waals surface area contributed by atoms with Crippen LogP contribution in [0.2, 0.25) is 0 Å². The zero-order chi connectivity index (χ0) is 16.2. The molecule has 1 N–H and O–H groups in total. The molecule has 4 heteroatoms.